The van der Waals surface area contributed by atoms with Crippen molar-refractivity contribution in [2.24, 2.45) is 0 Å². The van der Waals surface area contributed by atoms with Crippen LogP contribution in [0.15, 0.2) is 53.7 Å². The van der Waals surface area contributed by atoms with Gasteiger partial charge in [-0.15, -0.1) is 5.10 Å². The molecule has 1 N–H and O–H groups in total. The molecule has 3 rings (SSSR count). The lowest BCUT2D eigenvalue weighted by Gasteiger charge is -2.11. The molecule has 0 aliphatic heterocycles. The smallest absolute Gasteiger partial charge is 0.230 e. The Hall–Kier alpha value is -3.07. The van der Waals surface area contributed by atoms with Crippen molar-refractivity contribution in [3.05, 3.63) is 54.1 Å². The summed E-state index contributed by atoms with van der Waals surface area (Å²) in [5, 5.41) is 15.1. The first-order valence-corrected chi connectivity index (χ1v) is 9.14. The van der Waals surface area contributed by atoms with Crippen LogP contribution < -0.4 is 14.8 Å². The highest BCUT2D eigenvalue weighted by atomic mass is 32.2. The summed E-state index contributed by atoms with van der Waals surface area (Å²) in [6, 6.07) is 15.1. The zero-order valence-electron chi connectivity index (χ0n) is 15.0. The minimum atomic E-state index is -0.101. The summed E-state index contributed by atoms with van der Waals surface area (Å²) in [5.74, 6) is 1.34. The van der Waals surface area contributed by atoms with E-state index in [-0.39, 0.29) is 11.7 Å². The lowest BCUT2D eigenvalue weighted by Crippen LogP contribution is -2.24. The van der Waals surface area contributed by atoms with Crippen molar-refractivity contribution < 1.29 is 14.3 Å². The van der Waals surface area contributed by atoms with Crippen molar-refractivity contribution in [2.45, 2.75) is 11.7 Å². The van der Waals surface area contributed by atoms with Crippen LogP contribution in [0.25, 0.3) is 5.69 Å². The number of carbonyl (C=O) groups excluding carboxylic acids is 1. The number of thioether (sulfide) groups is 1. The van der Waals surface area contributed by atoms with E-state index in [0.29, 0.717) is 28.9 Å². The van der Waals surface area contributed by atoms with Gasteiger partial charge >= 0.3 is 0 Å². The van der Waals surface area contributed by atoms with Crippen molar-refractivity contribution in [1.29, 1.82) is 0 Å². The zero-order valence-corrected chi connectivity index (χ0v) is 15.8. The van der Waals surface area contributed by atoms with Crippen LogP contribution in [-0.2, 0) is 11.3 Å². The fourth-order valence-electron chi connectivity index (χ4n) is 2.36. The zero-order chi connectivity index (χ0) is 19.1. The predicted octanol–water partition coefficient (Wildman–Crippen LogP) is 2.09. The highest BCUT2D eigenvalue weighted by Crippen LogP contribution is 2.29. The molecular weight excluding hydrogens is 366 g/mol. The Morgan fingerprint density at radius 2 is 1.96 bits per heavy atom. The number of benzene rings is 2. The second kappa shape index (κ2) is 9.04. The SMILES string of the molecule is COc1ccc(OC)c(-n2nnnc2SCC(=O)NCc2ccccc2)c1. The third-order valence-corrected chi connectivity index (χ3v) is 4.64. The van der Waals surface area contributed by atoms with Crippen LogP contribution in [0, 0.1) is 0 Å². The van der Waals surface area contributed by atoms with Crippen LogP contribution >= 0.6 is 11.8 Å². The lowest BCUT2D eigenvalue weighted by atomic mass is 10.2. The maximum Gasteiger partial charge on any atom is 0.230 e. The molecule has 0 spiro atoms. The minimum absolute atomic E-state index is 0.101. The monoisotopic (exact) mass is 385 g/mol. The number of nitrogens with one attached hydrogen (secondary N) is 1. The van der Waals surface area contributed by atoms with Gasteiger partial charge in [-0.05, 0) is 28.1 Å². The van der Waals surface area contributed by atoms with E-state index in [1.54, 1.807) is 32.4 Å². The largest absolute Gasteiger partial charge is 0.497 e. The van der Waals surface area contributed by atoms with Crippen LogP contribution in [-0.4, -0.2) is 46.1 Å². The normalized spacial score (nSPS) is 10.4. The van der Waals surface area contributed by atoms with Crippen molar-refractivity contribution in [2.75, 3.05) is 20.0 Å². The van der Waals surface area contributed by atoms with Crippen molar-refractivity contribution in [3.63, 3.8) is 0 Å². The maximum absolute atomic E-state index is 12.1. The molecule has 0 radical (unpaired) electrons. The molecular formula is C18H19N5O3S. The van der Waals surface area contributed by atoms with Gasteiger partial charge in [-0.25, -0.2) is 0 Å². The molecule has 27 heavy (non-hydrogen) atoms. The van der Waals surface area contributed by atoms with Gasteiger partial charge in [-0.2, -0.15) is 4.68 Å². The Morgan fingerprint density at radius 3 is 2.70 bits per heavy atom. The van der Waals surface area contributed by atoms with Crippen LogP contribution in [0.2, 0.25) is 0 Å². The van der Waals surface area contributed by atoms with Crippen LogP contribution in [0.1, 0.15) is 5.56 Å². The molecule has 0 aliphatic rings. The van der Waals surface area contributed by atoms with E-state index in [0.717, 1.165) is 5.56 Å². The number of carbonyl (C=O) groups is 1. The van der Waals surface area contributed by atoms with Crippen molar-refractivity contribution in [1.82, 2.24) is 25.5 Å². The van der Waals surface area contributed by atoms with Gasteiger partial charge in [0.2, 0.25) is 11.1 Å². The molecule has 0 bridgehead atoms. The summed E-state index contributed by atoms with van der Waals surface area (Å²) >= 11 is 1.24. The first-order chi connectivity index (χ1) is 13.2. The van der Waals surface area contributed by atoms with E-state index in [1.165, 1.54) is 16.4 Å². The number of hydrogen-bond acceptors (Lipinski definition) is 7. The number of nitrogens with zero attached hydrogens (tertiary/aromatic N) is 4. The molecule has 0 fully saturated rings. The number of ether oxygens (including phenoxy) is 2. The first kappa shape index (κ1) is 18.7. The summed E-state index contributed by atoms with van der Waals surface area (Å²) in [6.07, 6.45) is 0. The molecule has 0 saturated carbocycles. The number of amides is 1. The van der Waals surface area contributed by atoms with Gasteiger partial charge in [0, 0.05) is 12.6 Å². The summed E-state index contributed by atoms with van der Waals surface area (Å²) in [5.41, 5.74) is 1.68. The molecule has 1 heterocycles. The number of aromatic nitrogens is 4. The molecule has 0 aliphatic carbocycles. The Labute approximate surface area is 160 Å². The molecule has 0 atom stereocenters. The first-order valence-electron chi connectivity index (χ1n) is 8.15. The van der Waals surface area contributed by atoms with E-state index in [9.17, 15) is 4.79 Å². The predicted molar refractivity (Wildman–Crippen MR) is 101 cm³/mol. The average Bonchev–Trinajstić information content (AvgIpc) is 3.19. The minimum Gasteiger partial charge on any atom is -0.497 e. The van der Waals surface area contributed by atoms with Gasteiger partial charge in [0.15, 0.2) is 0 Å². The van der Waals surface area contributed by atoms with E-state index in [2.05, 4.69) is 20.8 Å². The lowest BCUT2D eigenvalue weighted by molar-refractivity contribution is -0.118. The van der Waals surface area contributed by atoms with Crippen molar-refractivity contribution in [3.8, 4) is 17.2 Å². The van der Waals surface area contributed by atoms with Crippen LogP contribution in [0.3, 0.4) is 0 Å². The molecule has 0 unspecified atom stereocenters. The van der Waals surface area contributed by atoms with Crippen LogP contribution in [0.4, 0.5) is 0 Å². The molecule has 0 saturated heterocycles. The molecule has 3 aromatic rings. The Morgan fingerprint density at radius 1 is 1.15 bits per heavy atom. The van der Waals surface area contributed by atoms with Gasteiger partial charge in [0.05, 0.1) is 20.0 Å². The summed E-state index contributed by atoms with van der Waals surface area (Å²) < 4.78 is 12.2. The molecule has 1 amide bonds. The standard InChI is InChI=1S/C18H19N5O3S/c1-25-14-8-9-16(26-2)15(10-14)23-18(20-21-22-23)27-12-17(24)19-11-13-6-4-3-5-7-13/h3-10H,11-12H2,1-2H3,(H,19,24). The second-order valence-electron chi connectivity index (χ2n) is 5.46. The van der Waals surface area contributed by atoms with Gasteiger partial charge in [-0.1, -0.05) is 42.1 Å². The Bertz CT molecular complexity index is 901. The third-order valence-electron chi connectivity index (χ3n) is 3.72. The highest BCUT2D eigenvalue weighted by molar-refractivity contribution is 7.99. The van der Waals surface area contributed by atoms with E-state index in [1.807, 2.05) is 30.3 Å². The maximum atomic E-state index is 12.1. The third kappa shape index (κ3) is 4.76. The molecule has 9 heteroatoms. The van der Waals surface area contributed by atoms with Gasteiger partial charge in [0.25, 0.3) is 0 Å². The molecule has 2 aromatic carbocycles. The average molecular weight is 385 g/mol. The van der Waals surface area contributed by atoms with E-state index >= 15 is 0 Å². The topological polar surface area (TPSA) is 91.2 Å². The van der Waals surface area contributed by atoms with E-state index in [4.69, 9.17) is 9.47 Å². The quantitative estimate of drug-likeness (QED) is 0.594. The van der Waals surface area contributed by atoms with Gasteiger partial charge < -0.3 is 14.8 Å². The fraction of sp³-hybridized carbons (Fsp3) is 0.222. The number of tetrazole rings is 1. The fourth-order valence-corrected chi connectivity index (χ4v) is 3.07. The molecule has 1 aromatic heterocycles. The second-order valence-corrected chi connectivity index (χ2v) is 6.40. The van der Waals surface area contributed by atoms with Crippen molar-refractivity contribution >= 4 is 17.7 Å². The number of hydrogen-bond donors (Lipinski definition) is 1. The van der Waals surface area contributed by atoms with E-state index < -0.39 is 0 Å². The Kier molecular flexibility index (Phi) is 6.26. The highest BCUT2D eigenvalue weighted by Gasteiger charge is 2.16. The van der Waals surface area contributed by atoms with Gasteiger partial charge in [-0.3, -0.25) is 4.79 Å². The molecule has 8 nitrogen and oxygen atoms in total. The summed E-state index contributed by atoms with van der Waals surface area (Å²) in [6.45, 7) is 0.481. The van der Waals surface area contributed by atoms with Gasteiger partial charge in [0.1, 0.15) is 17.2 Å². The summed E-state index contributed by atoms with van der Waals surface area (Å²) in [7, 11) is 3.15. The number of rotatable bonds is 8. The Balaban J connectivity index is 1.66. The van der Waals surface area contributed by atoms with Crippen LogP contribution in [0.5, 0.6) is 11.5 Å². The number of methoxy groups -OCH3 is 2. The molecule has 140 valence electrons. The summed E-state index contributed by atoms with van der Waals surface area (Å²) in [4.78, 5) is 12.1.